The molecule has 2 saturated heterocycles. The molecule has 23 heavy (non-hydrogen) atoms. The molecule has 126 valence electrons. The summed E-state index contributed by atoms with van der Waals surface area (Å²) in [6.07, 6.45) is 6.37. The summed E-state index contributed by atoms with van der Waals surface area (Å²) in [5, 5.41) is 0. The van der Waals surface area contributed by atoms with Crippen molar-refractivity contribution in [2.45, 2.75) is 25.7 Å². The van der Waals surface area contributed by atoms with Crippen LogP contribution in [0.25, 0.3) is 0 Å². The molecule has 0 unspecified atom stereocenters. The van der Waals surface area contributed by atoms with E-state index in [4.69, 9.17) is 9.15 Å². The summed E-state index contributed by atoms with van der Waals surface area (Å²) in [4.78, 5) is 29.0. The predicted octanol–water partition coefficient (Wildman–Crippen LogP) is 1.77. The maximum Gasteiger partial charge on any atom is 0.257 e. The van der Waals surface area contributed by atoms with Crippen LogP contribution in [0.1, 0.15) is 36.0 Å². The Kier molecular flexibility index (Phi) is 4.71. The van der Waals surface area contributed by atoms with Crippen LogP contribution >= 0.6 is 0 Å². The monoisotopic (exact) mass is 320 g/mol. The second kappa shape index (κ2) is 6.74. The lowest BCUT2D eigenvalue weighted by Gasteiger charge is -2.26. The zero-order valence-corrected chi connectivity index (χ0v) is 13.6. The molecule has 6 nitrogen and oxygen atoms in total. The molecule has 2 aliphatic rings. The third-order valence-corrected chi connectivity index (χ3v) is 5.17. The van der Waals surface area contributed by atoms with Gasteiger partial charge in [0.05, 0.1) is 23.8 Å². The molecule has 2 fully saturated rings. The first-order valence-corrected chi connectivity index (χ1v) is 8.26. The van der Waals surface area contributed by atoms with E-state index in [9.17, 15) is 9.59 Å². The SMILES string of the molecule is COCCN1CC[C@]2(CCCN(C(=O)c3ccoc3)CC2)C1=O. The molecule has 0 aliphatic carbocycles. The zero-order valence-electron chi connectivity index (χ0n) is 13.6. The predicted molar refractivity (Wildman–Crippen MR) is 84.0 cm³/mol. The highest BCUT2D eigenvalue weighted by molar-refractivity contribution is 5.94. The highest BCUT2D eigenvalue weighted by Gasteiger charge is 2.47. The van der Waals surface area contributed by atoms with Crippen molar-refractivity contribution >= 4 is 11.8 Å². The molecule has 2 aliphatic heterocycles. The molecule has 1 spiro atoms. The van der Waals surface area contributed by atoms with Crippen LogP contribution in [0.4, 0.5) is 0 Å². The molecule has 0 saturated carbocycles. The van der Waals surface area contributed by atoms with Gasteiger partial charge in [-0.05, 0) is 31.7 Å². The Morgan fingerprint density at radius 2 is 2.13 bits per heavy atom. The molecule has 1 aromatic heterocycles. The number of carbonyl (C=O) groups excluding carboxylic acids is 2. The number of methoxy groups -OCH3 is 1. The summed E-state index contributed by atoms with van der Waals surface area (Å²) >= 11 is 0. The molecular formula is C17H24N2O4. The molecule has 2 amide bonds. The molecule has 0 bridgehead atoms. The molecule has 0 radical (unpaired) electrons. The van der Waals surface area contributed by atoms with E-state index in [0.29, 0.717) is 31.8 Å². The Morgan fingerprint density at radius 1 is 1.30 bits per heavy atom. The number of furan rings is 1. The van der Waals surface area contributed by atoms with E-state index in [1.54, 1.807) is 13.2 Å². The average molecular weight is 320 g/mol. The van der Waals surface area contributed by atoms with E-state index < -0.39 is 0 Å². The zero-order chi connectivity index (χ0) is 16.3. The molecular weight excluding hydrogens is 296 g/mol. The van der Waals surface area contributed by atoms with Gasteiger partial charge in [-0.3, -0.25) is 9.59 Å². The van der Waals surface area contributed by atoms with Gasteiger partial charge in [-0.25, -0.2) is 0 Å². The molecule has 0 N–H and O–H groups in total. The second-order valence-corrected chi connectivity index (χ2v) is 6.47. The van der Waals surface area contributed by atoms with Crippen molar-refractivity contribution in [2.75, 3.05) is 39.9 Å². The summed E-state index contributed by atoms with van der Waals surface area (Å²) in [5.74, 6) is 0.240. The lowest BCUT2D eigenvalue weighted by molar-refractivity contribution is -0.137. The first-order chi connectivity index (χ1) is 11.2. The highest BCUT2D eigenvalue weighted by Crippen LogP contribution is 2.41. The van der Waals surface area contributed by atoms with E-state index in [1.807, 2.05) is 9.80 Å². The topological polar surface area (TPSA) is 63.0 Å². The van der Waals surface area contributed by atoms with Crippen molar-refractivity contribution in [1.82, 2.24) is 9.80 Å². The van der Waals surface area contributed by atoms with E-state index in [0.717, 1.165) is 32.2 Å². The molecule has 1 atom stereocenters. The minimum atomic E-state index is -0.279. The number of amides is 2. The van der Waals surface area contributed by atoms with Crippen molar-refractivity contribution in [3.63, 3.8) is 0 Å². The van der Waals surface area contributed by atoms with Crippen LogP contribution in [0.5, 0.6) is 0 Å². The number of hydrogen-bond donors (Lipinski definition) is 0. The molecule has 3 rings (SSSR count). The summed E-state index contributed by atoms with van der Waals surface area (Å²) in [6.45, 7) is 3.38. The molecule has 6 heteroatoms. The quantitative estimate of drug-likeness (QED) is 0.848. The van der Waals surface area contributed by atoms with Crippen molar-refractivity contribution in [1.29, 1.82) is 0 Å². The number of ether oxygens (including phenoxy) is 1. The third kappa shape index (κ3) is 3.13. The van der Waals surface area contributed by atoms with Crippen LogP contribution < -0.4 is 0 Å². The lowest BCUT2D eigenvalue weighted by Crippen LogP contribution is -2.37. The van der Waals surface area contributed by atoms with Crippen molar-refractivity contribution < 1.29 is 18.7 Å². The summed E-state index contributed by atoms with van der Waals surface area (Å²) in [7, 11) is 1.65. The first-order valence-electron chi connectivity index (χ1n) is 8.26. The molecule has 1 aromatic rings. The lowest BCUT2D eigenvalue weighted by atomic mass is 9.79. The smallest absolute Gasteiger partial charge is 0.257 e. The van der Waals surface area contributed by atoms with Crippen molar-refractivity contribution in [3.05, 3.63) is 24.2 Å². The fraction of sp³-hybridized carbons (Fsp3) is 0.647. The van der Waals surface area contributed by atoms with Gasteiger partial charge in [-0.15, -0.1) is 0 Å². The van der Waals surface area contributed by atoms with E-state index in [-0.39, 0.29) is 17.2 Å². The van der Waals surface area contributed by atoms with Crippen LogP contribution in [0.2, 0.25) is 0 Å². The molecule has 0 aromatic carbocycles. The van der Waals surface area contributed by atoms with Gasteiger partial charge in [0.2, 0.25) is 5.91 Å². The number of hydrogen-bond acceptors (Lipinski definition) is 4. The Bertz CT molecular complexity index is 557. The van der Waals surface area contributed by atoms with Gasteiger partial charge in [-0.2, -0.15) is 0 Å². The van der Waals surface area contributed by atoms with Crippen LogP contribution in [0, 0.1) is 5.41 Å². The average Bonchev–Trinajstić information content (AvgIpc) is 3.12. The number of rotatable bonds is 4. The maximum absolute atomic E-state index is 12.8. The number of carbonyl (C=O) groups is 2. The Balaban J connectivity index is 1.64. The standard InChI is InChI=1S/C17H24N2O4/c1-22-12-10-19-9-6-17(16(19)21)4-2-7-18(8-5-17)15(20)14-3-11-23-13-14/h3,11,13H,2,4-10,12H2,1H3/t17-/m1/s1. The van der Waals surface area contributed by atoms with Gasteiger partial charge in [0.1, 0.15) is 6.26 Å². The van der Waals surface area contributed by atoms with Gasteiger partial charge in [-0.1, -0.05) is 0 Å². The van der Waals surface area contributed by atoms with Gasteiger partial charge in [0, 0.05) is 33.3 Å². The van der Waals surface area contributed by atoms with E-state index in [2.05, 4.69) is 0 Å². The van der Waals surface area contributed by atoms with Crippen LogP contribution in [-0.2, 0) is 9.53 Å². The summed E-state index contributed by atoms with van der Waals surface area (Å²) < 4.78 is 10.1. The Hall–Kier alpha value is -1.82. The van der Waals surface area contributed by atoms with Crippen molar-refractivity contribution in [2.24, 2.45) is 5.41 Å². The van der Waals surface area contributed by atoms with Gasteiger partial charge < -0.3 is 19.0 Å². The molecule has 3 heterocycles. The van der Waals surface area contributed by atoms with Crippen molar-refractivity contribution in [3.8, 4) is 0 Å². The van der Waals surface area contributed by atoms with E-state index in [1.165, 1.54) is 12.5 Å². The Labute approximate surface area is 136 Å². The summed E-state index contributed by atoms with van der Waals surface area (Å²) in [5.41, 5.74) is 0.305. The Morgan fingerprint density at radius 3 is 2.87 bits per heavy atom. The number of nitrogens with zero attached hydrogens (tertiary/aromatic N) is 2. The fourth-order valence-corrected chi connectivity index (χ4v) is 3.74. The largest absolute Gasteiger partial charge is 0.472 e. The normalized spacial score (nSPS) is 25.2. The van der Waals surface area contributed by atoms with Crippen LogP contribution in [-0.4, -0.2) is 61.5 Å². The van der Waals surface area contributed by atoms with Crippen LogP contribution in [0.3, 0.4) is 0 Å². The summed E-state index contributed by atoms with van der Waals surface area (Å²) in [6, 6.07) is 1.69. The van der Waals surface area contributed by atoms with Crippen LogP contribution in [0.15, 0.2) is 23.0 Å². The third-order valence-electron chi connectivity index (χ3n) is 5.17. The van der Waals surface area contributed by atoms with E-state index >= 15 is 0 Å². The minimum Gasteiger partial charge on any atom is -0.472 e. The first kappa shape index (κ1) is 16.1. The minimum absolute atomic E-state index is 0.00233. The van der Waals surface area contributed by atoms with Gasteiger partial charge in [0.15, 0.2) is 0 Å². The van der Waals surface area contributed by atoms with Gasteiger partial charge in [0.25, 0.3) is 5.91 Å². The highest BCUT2D eigenvalue weighted by atomic mass is 16.5. The second-order valence-electron chi connectivity index (χ2n) is 6.47. The van der Waals surface area contributed by atoms with Gasteiger partial charge >= 0.3 is 0 Å². The number of likely N-dealkylation sites (tertiary alicyclic amines) is 2. The maximum atomic E-state index is 12.8. The fourth-order valence-electron chi connectivity index (χ4n) is 3.74.